The largest absolute Gasteiger partial charge is 0.269 e. The highest BCUT2D eigenvalue weighted by Crippen LogP contribution is 2.23. The molecule has 0 saturated carbocycles. The maximum Gasteiger partial charge on any atom is 0.269 e. The average molecular weight is 277 g/mol. The van der Waals surface area contributed by atoms with Gasteiger partial charge in [0.15, 0.2) is 0 Å². The summed E-state index contributed by atoms with van der Waals surface area (Å²) < 4.78 is 0.392. The maximum absolute atomic E-state index is 10.3. The van der Waals surface area contributed by atoms with Gasteiger partial charge < -0.3 is 0 Å². The van der Waals surface area contributed by atoms with Gasteiger partial charge in [0, 0.05) is 16.1 Å². The highest BCUT2D eigenvalue weighted by molar-refractivity contribution is 14.1. The lowest BCUT2D eigenvalue weighted by molar-refractivity contribution is -0.384. The molecule has 1 rings (SSSR count). The van der Waals surface area contributed by atoms with Gasteiger partial charge in [0.05, 0.1) is 4.92 Å². The normalized spacial score (nSPS) is 12.5. The van der Waals surface area contributed by atoms with E-state index in [9.17, 15) is 10.1 Å². The van der Waals surface area contributed by atoms with Crippen LogP contribution < -0.4 is 0 Å². The number of halogens is 1. The standard InChI is InChI=1S/C8H8INO2/c1-6(9)7-2-4-8(5-3-7)10(11)12/h2-6H,1H3. The second-order valence-corrected chi connectivity index (χ2v) is 4.33. The molecule has 0 aliphatic carbocycles. The van der Waals surface area contributed by atoms with Gasteiger partial charge >= 0.3 is 0 Å². The third-order valence-electron chi connectivity index (χ3n) is 1.56. The van der Waals surface area contributed by atoms with E-state index in [4.69, 9.17) is 0 Å². The van der Waals surface area contributed by atoms with Gasteiger partial charge in [-0.3, -0.25) is 10.1 Å². The summed E-state index contributed by atoms with van der Waals surface area (Å²) in [5, 5.41) is 10.3. The molecule has 0 N–H and O–H groups in total. The fourth-order valence-corrected chi connectivity index (χ4v) is 1.28. The molecule has 0 aromatic heterocycles. The van der Waals surface area contributed by atoms with Crippen molar-refractivity contribution in [2.45, 2.75) is 10.8 Å². The van der Waals surface area contributed by atoms with Gasteiger partial charge in [0.2, 0.25) is 0 Å². The Balaban J connectivity index is 2.93. The van der Waals surface area contributed by atoms with E-state index >= 15 is 0 Å². The van der Waals surface area contributed by atoms with Crippen molar-refractivity contribution in [3.63, 3.8) is 0 Å². The van der Waals surface area contributed by atoms with E-state index in [1.165, 1.54) is 12.1 Å². The molecule has 0 fully saturated rings. The molecule has 0 bridgehead atoms. The number of rotatable bonds is 2. The van der Waals surface area contributed by atoms with Crippen molar-refractivity contribution in [3.05, 3.63) is 39.9 Å². The predicted octanol–water partition coefficient (Wildman–Crippen LogP) is 3.09. The van der Waals surface area contributed by atoms with Crippen LogP contribution in [0.4, 0.5) is 5.69 Å². The van der Waals surface area contributed by atoms with Gasteiger partial charge in [-0.05, 0) is 12.5 Å². The van der Waals surface area contributed by atoms with Crippen molar-refractivity contribution >= 4 is 28.3 Å². The first-order valence-corrected chi connectivity index (χ1v) is 4.74. The van der Waals surface area contributed by atoms with Crippen LogP contribution in [0.2, 0.25) is 0 Å². The Labute approximate surface area is 84.1 Å². The Hall–Kier alpha value is -0.650. The molecule has 3 nitrogen and oxygen atoms in total. The van der Waals surface area contributed by atoms with Gasteiger partial charge in [0.25, 0.3) is 5.69 Å². The second kappa shape index (κ2) is 3.84. The summed E-state index contributed by atoms with van der Waals surface area (Å²) in [6.07, 6.45) is 0. The number of non-ortho nitro benzene ring substituents is 1. The molecular weight excluding hydrogens is 269 g/mol. The predicted molar refractivity (Wildman–Crippen MR) is 55.5 cm³/mol. The van der Waals surface area contributed by atoms with Crippen molar-refractivity contribution in [3.8, 4) is 0 Å². The van der Waals surface area contributed by atoms with Gasteiger partial charge in [-0.1, -0.05) is 34.7 Å². The SMILES string of the molecule is CC(I)c1ccc([N+](=O)[O-])cc1. The Kier molecular flexibility index (Phi) is 3.02. The second-order valence-electron chi connectivity index (χ2n) is 2.46. The zero-order chi connectivity index (χ0) is 9.14. The monoisotopic (exact) mass is 277 g/mol. The van der Waals surface area contributed by atoms with Crippen LogP contribution in [-0.2, 0) is 0 Å². The third-order valence-corrected chi connectivity index (χ3v) is 2.28. The summed E-state index contributed by atoms with van der Waals surface area (Å²) in [6.45, 7) is 2.04. The van der Waals surface area contributed by atoms with Crippen LogP contribution in [0.25, 0.3) is 0 Å². The lowest BCUT2D eigenvalue weighted by Crippen LogP contribution is -1.88. The molecule has 0 aliphatic heterocycles. The summed E-state index contributed by atoms with van der Waals surface area (Å²) in [6, 6.07) is 6.64. The minimum atomic E-state index is -0.387. The number of benzene rings is 1. The van der Waals surface area contributed by atoms with Gasteiger partial charge in [0.1, 0.15) is 0 Å². The lowest BCUT2D eigenvalue weighted by atomic mass is 10.1. The van der Waals surface area contributed by atoms with Gasteiger partial charge in [-0.25, -0.2) is 0 Å². The van der Waals surface area contributed by atoms with Crippen molar-refractivity contribution < 1.29 is 4.92 Å². The minimum absolute atomic E-state index is 0.149. The molecule has 0 saturated heterocycles. The van der Waals surface area contributed by atoms with E-state index in [0.717, 1.165) is 5.56 Å². The Bertz CT molecular complexity index is 282. The zero-order valence-electron chi connectivity index (χ0n) is 6.53. The molecule has 0 spiro atoms. The molecule has 0 amide bonds. The fraction of sp³-hybridized carbons (Fsp3) is 0.250. The third kappa shape index (κ3) is 2.17. The van der Waals surface area contributed by atoms with E-state index < -0.39 is 0 Å². The molecule has 1 unspecified atom stereocenters. The van der Waals surface area contributed by atoms with Crippen LogP contribution in [0.1, 0.15) is 16.4 Å². The quantitative estimate of drug-likeness (QED) is 0.361. The lowest BCUT2D eigenvalue weighted by Gasteiger charge is -2.01. The molecule has 1 aromatic rings. The topological polar surface area (TPSA) is 43.1 Å². The summed E-state index contributed by atoms with van der Waals surface area (Å²) in [4.78, 5) is 9.90. The van der Waals surface area contributed by atoms with E-state index in [-0.39, 0.29) is 10.6 Å². The smallest absolute Gasteiger partial charge is 0.258 e. The maximum atomic E-state index is 10.3. The number of nitro groups is 1. The molecular formula is C8H8INO2. The van der Waals surface area contributed by atoms with Crippen molar-refractivity contribution in [1.82, 2.24) is 0 Å². The summed E-state index contributed by atoms with van der Waals surface area (Å²) >= 11 is 2.27. The van der Waals surface area contributed by atoms with Crippen LogP contribution >= 0.6 is 22.6 Å². The van der Waals surface area contributed by atoms with Gasteiger partial charge in [-0.15, -0.1) is 0 Å². The first kappa shape index (κ1) is 9.44. The molecule has 1 aromatic carbocycles. The Morgan fingerprint density at radius 3 is 2.25 bits per heavy atom. The molecule has 4 heteroatoms. The van der Waals surface area contributed by atoms with Crippen molar-refractivity contribution in [2.24, 2.45) is 0 Å². The van der Waals surface area contributed by atoms with E-state index in [2.05, 4.69) is 22.6 Å². The molecule has 0 radical (unpaired) electrons. The number of hydrogen-bond donors (Lipinski definition) is 0. The van der Waals surface area contributed by atoms with Crippen LogP contribution in [0.5, 0.6) is 0 Å². The molecule has 1 atom stereocenters. The molecule has 64 valence electrons. The van der Waals surface area contributed by atoms with Crippen molar-refractivity contribution in [1.29, 1.82) is 0 Å². The van der Waals surface area contributed by atoms with Crippen LogP contribution in [0.3, 0.4) is 0 Å². The Morgan fingerprint density at radius 1 is 1.42 bits per heavy atom. The highest BCUT2D eigenvalue weighted by Gasteiger charge is 2.05. The molecule has 0 heterocycles. The van der Waals surface area contributed by atoms with Gasteiger partial charge in [-0.2, -0.15) is 0 Å². The summed E-state index contributed by atoms with van der Waals surface area (Å²) in [5.74, 6) is 0. The zero-order valence-corrected chi connectivity index (χ0v) is 8.69. The van der Waals surface area contributed by atoms with Crippen molar-refractivity contribution in [2.75, 3.05) is 0 Å². The first-order valence-electron chi connectivity index (χ1n) is 3.49. The number of nitrogens with zero attached hydrogens (tertiary/aromatic N) is 1. The molecule has 12 heavy (non-hydrogen) atoms. The first-order chi connectivity index (χ1) is 5.61. The number of nitro benzene ring substituents is 1. The highest BCUT2D eigenvalue weighted by atomic mass is 127. The van der Waals surface area contributed by atoms with Crippen LogP contribution in [0, 0.1) is 10.1 Å². The fourth-order valence-electron chi connectivity index (χ4n) is 0.861. The van der Waals surface area contributed by atoms with E-state index in [0.29, 0.717) is 3.92 Å². The van der Waals surface area contributed by atoms with Crippen LogP contribution in [0.15, 0.2) is 24.3 Å². The Morgan fingerprint density at radius 2 is 1.92 bits per heavy atom. The van der Waals surface area contributed by atoms with E-state index in [1.807, 2.05) is 6.92 Å². The number of alkyl halides is 1. The van der Waals surface area contributed by atoms with Crippen LogP contribution in [-0.4, -0.2) is 4.92 Å². The average Bonchev–Trinajstić information content (AvgIpc) is 2.04. The number of hydrogen-bond acceptors (Lipinski definition) is 2. The molecule has 0 aliphatic rings. The summed E-state index contributed by atoms with van der Waals surface area (Å²) in [7, 11) is 0. The minimum Gasteiger partial charge on any atom is -0.258 e. The van der Waals surface area contributed by atoms with E-state index in [1.54, 1.807) is 12.1 Å². The summed E-state index contributed by atoms with van der Waals surface area (Å²) in [5.41, 5.74) is 1.26.